The van der Waals surface area contributed by atoms with Crippen LogP contribution in [0.1, 0.15) is 34.7 Å². The minimum Gasteiger partial charge on any atom is -0.372 e. The molecule has 1 fully saturated rings. The summed E-state index contributed by atoms with van der Waals surface area (Å²) < 4.78 is 0. The van der Waals surface area contributed by atoms with E-state index >= 15 is 0 Å². The first-order chi connectivity index (χ1) is 14.2. The average Bonchev–Trinajstić information content (AvgIpc) is 3.28. The molecule has 3 heterocycles. The van der Waals surface area contributed by atoms with Gasteiger partial charge in [0, 0.05) is 36.4 Å². The lowest BCUT2D eigenvalue weighted by molar-refractivity contribution is 0.0945. The van der Waals surface area contributed by atoms with Gasteiger partial charge in [-0.15, -0.1) is 0 Å². The molecule has 0 spiro atoms. The summed E-state index contributed by atoms with van der Waals surface area (Å²) in [5.41, 5.74) is 3.96. The number of nitrogens with one attached hydrogen (secondary N) is 2. The molecule has 1 aliphatic heterocycles. The monoisotopic (exact) mass is 388 g/mol. The Morgan fingerprint density at radius 3 is 2.59 bits per heavy atom. The molecule has 7 nitrogen and oxygen atoms in total. The highest BCUT2D eigenvalue weighted by Crippen LogP contribution is 2.23. The van der Waals surface area contributed by atoms with Gasteiger partial charge in [-0.1, -0.05) is 6.07 Å². The number of nitrogens with zero attached hydrogens (tertiary/aromatic N) is 4. The van der Waals surface area contributed by atoms with E-state index in [1.807, 2.05) is 37.3 Å². The Hall–Kier alpha value is -3.48. The molecule has 4 rings (SSSR count). The summed E-state index contributed by atoms with van der Waals surface area (Å²) in [7, 11) is 0. The molecule has 1 aromatic carbocycles. The first-order valence-corrected chi connectivity index (χ1v) is 9.83. The topological polar surface area (TPSA) is 83.0 Å². The van der Waals surface area contributed by atoms with E-state index in [-0.39, 0.29) is 5.91 Å². The molecule has 3 aromatic rings. The predicted octanol–water partition coefficient (Wildman–Crippen LogP) is 3.45. The Labute approximate surface area is 170 Å². The second kappa shape index (κ2) is 8.68. The van der Waals surface area contributed by atoms with Crippen molar-refractivity contribution in [2.24, 2.45) is 0 Å². The molecule has 0 aliphatic carbocycles. The van der Waals surface area contributed by atoms with Crippen LogP contribution in [-0.2, 0) is 6.54 Å². The van der Waals surface area contributed by atoms with Gasteiger partial charge in [-0.3, -0.25) is 9.78 Å². The Balaban J connectivity index is 1.43. The van der Waals surface area contributed by atoms with Gasteiger partial charge in [0.2, 0.25) is 5.95 Å². The molecule has 0 atom stereocenters. The summed E-state index contributed by atoms with van der Waals surface area (Å²) in [5, 5.41) is 6.05. The van der Waals surface area contributed by atoms with Crippen LogP contribution < -0.4 is 15.5 Å². The minimum absolute atomic E-state index is 0.256. The number of carbonyl (C=O) groups is 1. The summed E-state index contributed by atoms with van der Waals surface area (Å²) in [6, 6.07) is 15.5. The number of rotatable bonds is 6. The molecular formula is C22H24N6O. The highest BCUT2D eigenvalue weighted by atomic mass is 16.1. The average molecular weight is 388 g/mol. The molecule has 0 bridgehead atoms. The molecule has 2 aromatic heterocycles. The smallest absolute Gasteiger partial charge is 0.270 e. The molecule has 148 valence electrons. The molecular weight excluding hydrogens is 364 g/mol. The van der Waals surface area contributed by atoms with Crippen LogP contribution in [0.15, 0.2) is 54.7 Å². The van der Waals surface area contributed by atoms with Crippen LogP contribution in [-0.4, -0.2) is 33.9 Å². The number of carbonyl (C=O) groups excluding carboxylic acids is 1. The van der Waals surface area contributed by atoms with Crippen molar-refractivity contribution in [3.63, 3.8) is 0 Å². The first-order valence-electron chi connectivity index (χ1n) is 9.83. The normalized spacial score (nSPS) is 13.3. The minimum atomic E-state index is -0.256. The van der Waals surface area contributed by atoms with E-state index in [0.717, 1.165) is 30.2 Å². The molecule has 29 heavy (non-hydrogen) atoms. The maximum atomic E-state index is 12.5. The predicted molar refractivity (Wildman–Crippen MR) is 113 cm³/mol. The Kier molecular flexibility index (Phi) is 5.65. The van der Waals surface area contributed by atoms with Crippen LogP contribution in [0.25, 0.3) is 0 Å². The maximum absolute atomic E-state index is 12.5. The molecule has 1 amide bonds. The second-order valence-corrected chi connectivity index (χ2v) is 7.09. The van der Waals surface area contributed by atoms with Gasteiger partial charge in [0.15, 0.2) is 0 Å². The molecule has 1 saturated heterocycles. The number of aromatic nitrogens is 3. The molecule has 0 saturated carbocycles. The van der Waals surface area contributed by atoms with Gasteiger partial charge in [-0.05, 0) is 62.2 Å². The number of anilines is 3. The van der Waals surface area contributed by atoms with Gasteiger partial charge >= 0.3 is 0 Å². The first kappa shape index (κ1) is 18.9. The Bertz CT molecular complexity index is 968. The number of pyridine rings is 1. The fourth-order valence-corrected chi connectivity index (χ4v) is 3.36. The maximum Gasteiger partial charge on any atom is 0.270 e. The van der Waals surface area contributed by atoms with Crippen LogP contribution in [0.2, 0.25) is 0 Å². The zero-order chi connectivity index (χ0) is 20.1. The third kappa shape index (κ3) is 4.87. The lowest BCUT2D eigenvalue weighted by atomic mass is 10.2. The van der Waals surface area contributed by atoms with E-state index < -0.39 is 0 Å². The van der Waals surface area contributed by atoms with Crippen molar-refractivity contribution < 1.29 is 4.79 Å². The molecule has 2 N–H and O–H groups in total. The van der Waals surface area contributed by atoms with E-state index in [4.69, 9.17) is 0 Å². The molecule has 7 heteroatoms. The van der Waals surface area contributed by atoms with Crippen molar-refractivity contribution in [1.82, 2.24) is 20.3 Å². The summed E-state index contributed by atoms with van der Waals surface area (Å²) in [6.45, 7) is 4.43. The van der Waals surface area contributed by atoms with Crippen LogP contribution in [0, 0.1) is 6.92 Å². The summed E-state index contributed by atoms with van der Waals surface area (Å²) in [5.74, 6) is 0.149. The second-order valence-electron chi connectivity index (χ2n) is 7.09. The van der Waals surface area contributed by atoms with E-state index in [2.05, 4.69) is 42.6 Å². The van der Waals surface area contributed by atoms with Gasteiger partial charge in [0.1, 0.15) is 5.69 Å². The molecule has 0 radical (unpaired) electrons. The van der Waals surface area contributed by atoms with E-state index in [1.165, 1.54) is 18.5 Å². The van der Waals surface area contributed by atoms with Crippen LogP contribution in [0.4, 0.5) is 17.3 Å². The molecule has 0 unspecified atom stereocenters. The van der Waals surface area contributed by atoms with Crippen molar-refractivity contribution in [1.29, 1.82) is 0 Å². The van der Waals surface area contributed by atoms with Crippen molar-refractivity contribution in [3.8, 4) is 0 Å². The Morgan fingerprint density at radius 1 is 1.07 bits per heavy atom. The third-order valence-corrected chi connectivity index (χ3v) is 4.84. The number of aryl methyl sites for hydroxylation is 1. The van der Waals surface area contributed by atoms with Crippen molar-refractivity contribution in [3.05, 3.63) is 71.8 Å². The zero-order valence-corrected chi connectivity index (χ0v) is 16.4. The fourth-order valence-electron chi connectivity index (χ4n) is 3.36. The number of amides is 1. The largest absolute Gasteiger partial charge is 0.372 e. The van der Waals surface area contributed by atoms with Gasteiger partial charge in [-0.2, -0.15) is 0 Å². The van der Waals surface area contributed by atoms with Gasteiger partial charge in [-0.25, -0.2) is 9.97 Å². The zero-order valence-electron chi connectivity index (χ0n) is 16.4. The van der Waals surface area contributed by atoms with E-state index in [1.54, 1.807) is 12.3 Å². The van der Waals surface area contributed by atoms with Gasteiger partial charge in [0.05, 0.1) is 12.2 Å². The quantitative estimate of drug-likeness (QED) is 0.673. The third-order valence-electron chi connectivity index (χ3n) is 4.84. The van der Waals surface area contributed by atoms with Crippen LogP contribution >= 0.6 is 0 Å². The number of benzene rings is 1. The van der Waals surface area contributed by atoms with Crippen molar-refractivity contribution in [2.75, 3.05) is 23.3 Å². The summed E-state index contributed by atoms with van der Waals surface area (Å²) in [4.78, 5) is 27.9. The lowest BCUT2D eigenvalue weighted by Gasteiger charge is -2.17. The van der Waals surface area contributed by atoms with Gasteiger partial charge < -0.3 is 15.5 Å². The van der Waals surface area contributed by atoms with Crippen molar-refractivity contribution in [2.45, 2.75) is 26.3 Å². The summed E-state index contributed by atoms with van der Waals surface area (Å²) >= 11 is 0. The highest BCUT2D eigenvalue weighted by Gasteiger charge is 2.13. The lowest BCUT2D eigenvalue weighted by Crippen LogP contribution is -2.24. The number of hydrogen-bond donors (Lipinski definition) is 2. The SMILES string of the molecule is Cc1cc(C(=O)NCc2ccccn2)nc(Nc2ccc(N3CCCC3)cc2)n1. The Morgan fingerprint density at radius 2 is 1.86 bits per heavy atom. The van der Waals surface area contributed by atoms with Crippen LogP contribution in [0.3, 0.4) is 0 Å². The fraction of sp³-hybridized carbons (Fsp3) is 0.273. The highest BCUT2D eigenvalue weighted by molar-refractivity contribution is 5.92. The van der Waals surface area contributed by atoms with E-state index in [9.17, 15) is 4.79 Å². The van der Waals surface area contributed by atoms with Crippen molar-refractivity contribution >= 4 is 23.2 Å². The summed E-state index contributed by atoms with van der Waals surface area (Å²) in [6.07, 6.45) is 4.21. The molecule has 1 aliphatic rings. The van der Waals surface area contributed by atoms with Gasteiger partial charge in [0.25, 0.3) is 5.91 Å². The standard InChI is InChI=1S/C22H24N6O/c1-16-14-20(21(29)24-15-18-6-2-3-11-23-18)27-22(25-16)26-17-7-9-19(10-8-17)28-12-4-5-13-28/h2-3,6-11,14H,4-5,12-13,15H2,1H3,(H,24,29)(H,25,26,27). The van der Waals surface area contributed by atoms with Crippen LogP contribution in [0.5, 0.6) is 0 Å². The number of hydrogen-bond acceptors (Lipinski definition) is 6. The van der Waals surface area contributed by atoms with E-state index in [0.29, 0.717) is 18.2 Å².